The van der Waals surface area contributed by atoms with Gasteiger partial charge in [-0.1, -0.05) is 0 Å². The van der Waals surface area contributed by atoms with Gasteiger partial charge < -0.3 is 149 Å². The zero-order valence-electron chi connectivity index (χ0n) is 38.8. The topological polar surface area (TPSA) is 461 Å². The molecule has 0 aromatic heterocycles. The molecule has 31 nitrogen and oxygen atoms in total. The second kappa shape index (κ2) is 24.2. The van der Waals surface area contributed by atoms with Crippen molar-refractivity contribution in [3.05, 3.63) is 0 Å². The highest BCUT2D eigenvalue weighted by molar-refractivity contribution is 5.01. The van der Waals surface area contributed by atoms with E-state index >= 15 is 0 Å². The van der Waals surface area contributed by atoms with Crippen molar-refractivity contribution in [1.29, 1.82) is 0 Å². The van der Waals surface area contributed by atoms with Crippen molar-refractivity contribution in [2.45, 2.75) is 184 Å². The highest BCUT2D eigenvalue weighted by Gasteiger charge is 2.59. The first-order chi connectivity index (χ1) is 34.3. The summed E-state index contributed by atoms with van der Waals surface area (Å²) in [5, 5.41) is 189. The van der Waals surface area contributed by atoms with Gasteiger partial charge in [-0.2, -0.15) is 0 Å². The van der Waals surface area contributed by atoms with E-state index in [4.69, 9.17) is 56.8 Å². The van der Waals surface area contributed by atoms with Gasteiger partial charge in [0.15, 0.2) is 37.7 Å². The molecule has 418 valence electrons. The first-order valence-corrected chi connectivity index (χ1v) is 23.8. The predicted molar refractivity (Wildman–Crippen MR) is 223 cm³/mol. The molecule has 23 aliphatic rings. The lowest BCUT2D eigenvalue weighted by Crippen LogP contribution is -2.69. The summed E-state index contributed by atoms with van der Waals surface area (Å²) in [4.78, 5) is 3.97. The Balaban J connectivity index is 1.11. The van der Waals surface area contributed by atoms with Gasteiger partial charge in [0.25, 0.3) is 0 Å². The van der Waals surface area contributed by atoms with Gasteiger partial charge in [0.2, 0.25) is 0 Å². The number of likely N-dealkylation sites (N-methyl/N-ethyl adjacent to an activating group) is 1. The molecule has 23 fully saturated rings. The Kier molecular flexibility index (Phi) is 19.1. The Morgan fingerprint density at radius 3 is 0.681 bits per heavy atom. The normalized spacial score (nSPS) is 53.6. The monoisotopic (exact) mass is 1050 g/mol. The number of nitrogens with zero attached hydrogens (tertiary/aromatic N) is 2. The molecule has 0 aromatic carbocycles. The second-order valence-corrected chi connectivity index (χ2v) is 19.3. The first-order valence-electron chi connectivity index (χ1n) is 23.8. The third-order valence-corrected chi connectivity index (χ3v) is 14.5. The SMILES string of the molecule is CN1CCN(CC2OC3OC4C(CO)OC(OC5C(CO)OC(OC6C(CO)OC(OC7C(CO)OC(OC8C(CO)OC(OC2C(O)C3O)C(O)C8O)C(O)C7O)C(O)C6O)C(O)C5O)C(O)C4O)CC1. The number of rotatable bonds is 7. The minimum absolute atomic E-state index is 0.0328. The van der Waals surface area contributed by atoms with Crippen LogP contribution in [-0.4, -0.2) is 354 Å². The van der Waals surface area contributed by atoms with Crippen molar-refractivity contribution in [3.63, 3.8) is 0 Å². The van der Waals surface area contributed by atoms with Gasteiger partial charge >= 0.3 is 0 Å². The molecular weight excluding hydrogens is 984 g/mol. The maximum Gasteiger partial charge on any atom is 0.187 e. The van der Waals surface area contributed by atoms with Crippen LogP contribution in [0.15, 0.2) is 0 Å². The maximum absolute atomic E-state index is 11.7. The molecule has 23 aliphatic heterocycles. The van der Waals surface area contributed by atoms with Crippen LogP contribution in [0.25, 0.3) is 0 Å². The molecule has 31 heteroatoms. The van der Waals surface area contributed by atoms with Gasteiger partial charge in [0.05, 0.1) is 33.0 Å². The number of hydrogen-bond acceptors (Lipinski definition) is 31. The van der Waals surface area contributed by atoms with E-state index in [2.05, 4.69) is 4.90 Å². The minimum Gasteiger partial charge on any atom is -0.394 e. The van der Waals surface area contributed by atoms with E-state index < -0.39 is 217 Å². The Labute approximate surface area is 410 Å². The van der Waals surface area contributed by atoms with Crippen molar-refractivity contribution in [1.82, 2.24) is 9.80 Å². The summed E-state index contributed by atoms with van der Waals surface area (Å²) in [6.45, 7) is -2.72. The van der Waals surface area contributed by atoms with E-state index in [-0.39, 0.29) is 6.54 Å². The van der Waals surface area contributed by atoms with Crippen LogP contribution in [-0.2, 0) is 56.8 Å². The summed E-state index contributed by atoms with van der Waals surface area (Å²) >= 11 is 0. The summed E-state index contributed by atoms with van der Waals surface area (Å²) in [5.41, 5.74) is 0. The first kappa shape index (κ1) is 56.9. The Morgan fingerprint density at radius 2 is 0.472 bits per heavy atom. The molecule has 0 amide bonds. The van der Waals surface area contributed by atoms with Crippen molar-refractivity contribution in [2.24, 2.45) is 0 Å². The summed E-state index contributed by atoms with van der Waals surface area (Å²) in [7, 11) is 1.90. The molecule has 30 unspecified atom stereocenters. The van der Waals surface area contributed by atoms with Crippen molar-refractivity contribution >= 4 is 0 Å². The maximum atomic E-state index is 11.7. The molecule has 23 heterocycles. The van der Waals surface area contributed by atoms with Gasteiger partial charge in [-0.3, -0.25) is 4.90 Å². The Morgan fingerprint density at radius 1 is 0.278 bits per heavy atom. The standard InChI is InChI=1S/C41H70N2O29/c1-42-2-4-43(5-3-42)6-12-30-18(49)24(55)36(61-12)68-31-13(7-44)63-38(26(57)20(31)51)70-33-15(9-46)65-40(28(59)22(33)53)72-35-17(11-48)66-41(29(60)23(35)54)71-34-16(10-47)64-39(27(58)21(34)52)69-32-14(8-45)62-37(67-30)25(56)19(32)50/h12-41,44-60H,2-11H2,1H3. The largest absolute Gasteiger partial charge is 0.394 e. The van der Waals surface area contributed by atoms with E-state index in [9.17, 15) is 86.8 Å². The average Bonchev–Trinajstić information content (AvgIpc) is 3.37. The highest BCUT2D eigenvalue weighted by atomic mass is 16.8. The third kappa shape index (κ3) is 11.4. The van der Waals surface area contributed by atoms with Crippen molar-refractivity contribution in [3.8, 4) is 0 Å². The number of piperazine rings is 1. The van der Waals surface area contributed by atoms with Crippen LogP contribution < -0.4 is 0 Å². The molecule has 12 bridgehead atoms. The molecular formula is C41H70N2O29. The molecule has 17 N–H and O–H groups in total. The van der Waals surface area contributed by atoms with Crippen LogP contribution in [0.2, 0.25) is 0 Å². The molecule has 0 spiro atoms. The lowest BCUT2D eigenvalue weighted by atomic mass is 9.94. The van der Waals surface area contributed by atoms with Gasteiger partial charge in [0, 0.05) is 32.7 Å². The number of hydrogen-bond donors (Lipinski definition) is 17. The van der Waals surface area contributed by atoms with Crippen LogP contribution in [0.3, 0.4) is 0 Å². The Bertz CT molecular complexity index is 1680. The van der Waals surface area contributed by atoms with Crippen LogP contribution in [0.5, 0.6) is 0 Å². The quantitative estimate of drug-likeness (QED) is 0.113. The molecule has 0 radical (unpaired) electrons. The number of aliphatic hydroxyl groups is 17. The van der Waals surface area contributed by atoms with Crippen LogP contribution in [0.1, 0.15) is 0 Å². The smallest absolute Gasteiger partial charge is 0.187 e. The molecule has 23 saturated heterocycles. The fraction of sp³-hybridized carbons (Fsp3) is 1.00. The fourth-order valence-electron chi connectivity index (χ4n) is 10.2. The van der Waals surface area contributed by atoms with Gasteiger partial charge in [-0.15, -0.1) is 0 Å². The summed E-state index contributed by atoms with van der Waals surface area (Å²) < 4.78 is 70.0. The molecule has 72 heavy (non-hydrogen) atoms. The summed E-state index contributed by atoms with van der Waals surface area (Å²) in [6, 6.07) is 0. The minimum atomic E-state index is -2.14. The van der Waals surface area contributed by atoms with Crippen molar-refractivity contribution < 1.29 is 144 Å². The average molecular weight is 1050 g/mol. The zero-order chi connectivity index (χ0) is 52.0. The third-order valence-electron chi connectivity index (χ3n) is 14.5. The van der Waals surface area contributed by atoms with E-state index in [1.165, 1.54) is 0 Å². The van der Waals surface area contributed by atoms with E-state index in [1.54, 1.807) is 0 Å². The Hall–Kier alpha value is -1.24. The fourth-order valence-corrected chi connectivity index (χ4v) is 10.2. The van der Waals surface area contributed by atoms with Gasteiger partial charge in [0.1, 0.15) is 146 Å². The second-order valence-electron chi connectivity index (χ2n) is 19.3. The van der Waals surface area contributed by atoms with E-state index in [0.717, 1.165) is 0 Å². The number of ether oxygens (including phenoxy) is 12. The molecule has 0 aromatic rings. The zero-order valence-corrected chi connectivity index (χ0v) is 38.8. The van der Waals surface area contributed by atoms with E-state index in [1.807, 2.05) is 11.9 Å². The van der Waals surface area contributed by atoms with Crippen molar-refractivity contribution in [2.75, 3.05) is 72.8 Å². The molecule has 23 rings (SSSR count). The van der Waals surface area contributed by atoms with E-state index in [0.29, 0.717) is 26.2 Å². The van der Waals surface area contributed by atoms with Gasteiger partial charge in [-0.05, 0) is 7.05 Å². The summed E-state index contributed by atoms with van der Waals surface area (Å²) in [5.74, 6) is 0. The van der Waals surface area contributed by atoms with Crippen LogP contribution in [0, 0.1) is 0 Å². The highest BCUT2D eigenvalue weighted by Crippen LogP contribution is 2.38. The predicted octanol–water partition coefficient (Wildman–Crippen LogP) is -12.8. The summed E-state index contributed by atoms with van der Waals surface area (Å²) in [6.07, 6.45) is -56.9. The lowest BCUT2D eigenvalue weighted by Gasteiger charge is -2.51. The molecule has 0 saturated carbocycles. The lowest BCUT2D eigenvalue weighted by molar-refractivity contribution is -0.403. The molecule has 0 aliphatic carbocycles. The van der Waals surface area contributed by atoms with Crippen LogP contribution >= 0.6 is 0 Å². The van der Waals surface area contributed by atoms with Crippen LogP contribution in [0.4, 0.5) is 0 Å². The van der Waals surface area contributed by atoms with Gasteiger partial charge in [-0.25, -0.2) is 0 Å². The number of aliphatic hydroxyl groups excluding tert-OH is 17. The molecule has 30 atom stereocenters.